The summed E-state index contributed by atoms with van der Waals surface area (Å²) in [6.07, 6.45) is 0. The Morgan fingerprint density at radius 1 is 1.00 bits per heavy atom. The lowest BCUT2D eigenvalue weighted by Crippen LogP contribution is -2.22. The molecule has 20 heavy (non-hydrogen) atoms. The van der Waals surface area contributed by atoms with E-state index in [1.165, 1.54) is 5.56 Å². The van der Waals surface area contributed by atoms with Gasteiger partial charge < -0.3 is 10.4 Å². The van der Waals surface area contributed by atoms with E-state index in [0.717, 1.165) is 15.6 Å². The van der Waals surface area contributed by atoms with E-state index in [1.807, 2.05) is 31.2 Å². The molecule has 2 atom stereocenters. The molecule has 2 rings (SSSR count). The van der Waals surface area contributed by atoms with Crippen molar-refractivity contribution in [2.24, 2.45) is 0 Å². The van der Waals surface area contributed by atoms with Gasteiger partial charge in [0.15, 0.2) is 0 Å². The number of phenols is 1. The van der Waals surface area contributed by atoms with Crippen LogP contribution in [0, 0.1) is 6.92 Å². The Balaban J connectivity index is 2.12. The van der Waals surface area contributed by atoms with E-state index in [0.29, 0.717) is 5.75 Å². The third kappa shape index (κ3) is 3.62. The molecular formula is C17H20BrNO. The maximum Gasteiger partial charge on any atom is 0.120 e. The fourth-order valence-electron chi connectivity index (χ4n) is 2.33. The molecule has 0 spiro atoms. The summed E-state index contributed by atoms with van der Waals surface area (Å²) in [5.41, 5.74) is 3.32. The van der Waals surface area contributed by atoms with Gasteiger partial charge >= 0.3 is 0 Å². The maximum atomic E-state index is 9.98. The lowest BCUT2D eigenvalue weighted by atomic mass is 10.0. The smallest absolute Gasteiger partial charge is 0.120 e. The highest BCUT2D eigenvalue weighted by Gasteiger charge is 2.14. The summed E-state index contributed by atoms with van der Waals surface area (Å²) in [5, 5.41) is 13.5. The first kappa shape index (κ1) is 15.1. The van der Waals surface area contributed by atoms with Crippen molar-refractivity contribution < 1.29 is 5.11 Å². The number of phenolic OH excluding ortho intramolecular Hbond substituents is 1. The Labute approximate surface area is 129 Å². The van der Waals surface area contributed by atoms with Crippen LogP contribution in [0.2, 0.25) is 0 Å². The summed E-state index contributed by atoms with van der Waals surface area (Å²) in [7, 11) is 0. The summed E-state index contributed by atoms with van der Waals surface area (Å²) < 4.78 is 1.08. The number of benzene rings is 2. The van der Waals surface area contributed by atoms with Crippen LogP contribution in [-0.2, 0) is 0 Å². The first-order chi connectivity index (χ1) is 9.47. The van der Waals surface area contributed by atoms with Gasteiger partial charge in [-0.15, -0.1) is 0 Å². The van der Waals surface area contributed by atoms with Crippen molar-refractivity contribution in [1.82, 2.24) is 5.32 Å². The molecule has 0 bridgehead atoms. The SMILES string of the molecule is Cc1ccc(O)c(C(C)N[C@H](C)c2ccc(Br)cc2)c1. The Bertz CT molecular complexity index is 580. The molecule has 0 aliphatic rings. The van der Waals surface area contributed by atoms with Gasteiger partial charge in [0.2, 0.25) is 0 Å². The molecule has 0 aliphatic carbocycles. The predicted molar refractivity (Wildman–Crippen MR) is 87.0 cm³/mol. The number of aromatic hydroxyl groups is 1. The van der Waals surface area contributed by atoms with Gasteiger partial charge in [-0.05, 0) is 44.5 Å². The molecule has 1 unspecified atom stereocenters. The van der Waals surface area contributed by atoms with Crippen LogP contribution in [0.15, 0.2) is 46.9 Å². The zero-order valence-corrected chi connectivity index (χ0v) is 13.6. The average molecular weight is 334 g/mol. The number of halogens is 1. The molecule has 0 saturated heterocycles. The van der Waals surface area contributed by atoms with E-state index in [4.69, 9.17) is 0 Å². The molecular weight excluding hydrogens is 314 g/mol. The Hall–Kier alpha value is -1.32. The first-order valence-corrected chi connectivity index (χ1v) is 7.57. The van der Waals surface area contributed by atoms with Gasteiger partial charge in [-0.2, -0.15) is 0 Å². The van der Waals surface area contributed by atoms with E-state index in [1.54, 1.807) is 6.07 Å². The molecule has 0 radical (unpaired) electrons. The number of nitrogens with one attached hydrogen (secondary N) is 1. The quantitative estimate of drug-likeness (QED) is 0.836. The molecule has 2 aromatic rings. The third-order valence-electron chi connectivity index (χ3n) is 3.52. The van der Waals surface area contributed by atoms with Gasteiger partial charge in [0.25, 0.3) is 0 Å². The van der Waals surface area contributed by atoms with Crippen molar-refractivity contribution in [3.05, 3.63) is 63.6 Å². The molecule has 106 valence electrons. The van der Waals surface area contributed by atoms with Crippen LogP contribution in [0.25, 0.3) is 0 Å². The van der Waals surface area contributed by atoms with E-state index >= 15 is 0 Å². The summed E-state index contributed by atoms with van der Waals surface area (Å²) >= 11 is 3.45. The Morgan fingerprint density at radius 3 is 2.30 bits per heavy atom. The van der Waals surface area contributed by atoms with E-state index in [-0.39, 0.29) is 12.1 Å². The van der Waals surface area contributed by atoms with Crippen LogP contribution in [0.5, 0.6) is 5.75 Å². The second kappa shape index (κ2) is 6.42. The molecule has 0 aliphatic heterocycles. The van der Waals surface area contributed by atoms with Crippen molar-refractivity contribution in [2.75, 3.05) is 0 Å². The highest BCUT2D eigenvalue weighted by molar-refractivity contribution is 9.10. The largest absolute Gasteiger partial charge is 0.508 e. The minimum absolute atomic E-state index is 0.0912. The molecule has 2 aromatic carbocycles. The second-order valence-corrected chi connectivity index (χ2v) is 6.14. The summed E-state index contributed by atoms with van der Waals surface area (Å²) in [6, 6.07) is 14.3. The van der Waals surface area contributed by atoms with Crippen molar-refractivity contribution in [1.29, 1.82) is 0 Å². The van der Waals surface area contributed by atoms with Crippen LogP contribution in [0.4, 0.5) is 0 Å². The van der Waals surface area contributed by atoms with Gasteiger partial charge in [-0.1, -0.05) is 45.8 Å². The molecule has 0 fully saturated rings. The lowest BCUT2D eigenvalue weighted by molar-refractivity contribution is 0.438. The molecule has 0 heterocycles. The topological polar surface area (TPSA) is 32.3 Å². The first-order valence-electron chi connectivity index (χ1n) is 6.78. The van der Waals surface area contributed by atoms with Crippen LogP contribution in [-0.4, -0.2) is 5.11 Å². The van der Waals surface area contributed by atoms with Gasteiger partial charge in [-0.25, -0.2) is 0 Å². The summed E-state index contributed by atoms with van der Waals surface area (Å²) in [4.78, 5) is 0. The molecule has 0 aromatic heterocycles. The van der Waals surface area contributed by atoms with Crippen molar-refractivity contribution in [3.8, 4) is 5.75 Å². The van der Waals surface area contributed by atoms with Gasteiger partial charge in [0, 0.05) is 22.1 Å². The van der Waals surface area contributed by atoms with Crippen molar-refractivity contribution >= 4 is 15.9 Å². The predicted octanol–water partition coefficient (Wildman–Crippen LogP) is 4.87. The van der Waals surface area contributed by atoms with Crippen LogP contribution in [0.1, 0.15) is 42.6 Å². The van der Waals surface area contributed by atoms with Crippen LogP contribution >= 0.6 is 15.9 Å². The number of rotatable bonds is 4. The maximum absolute atomic E-state index is 9.98. The second-order valence-electron chi connectivity index (χ2n) is 5.22. The van der Waals surface area contributed by atoms with E-state index < -0.39 is 0 Å². The number of hydrogen-bond acceptors (Lipinski definition) is 2. The highest BCUT2D eigenvalue weighted by Crippen LogP contribution is 2.27. The zero-order valence-electron chi connectivity index (χ0n) is 12.0. The standard InChI is InChI=1S/C17H20BrNO/c1-11-4-9-17(20)16(10-11)13(3)19-12(2)14-5-7-15(18)8-6-14/h4-10,12-13,19-20H,1-3H3/t12-,13?/m1/s1. The van der Waals surface area contributed by atoms with Gasteiger partial charge in [0.05, 0.1) is 0 Å². The lowest BCUT2D eigenvalue weighted by Gasteiger charge is -2.22. The van der Waals surface area contributed by atoms with Gasteiger partial charge in [0.1, 0.15) is 5.75 Å². The monoisotopic (exact) mass is 333 g/mol. The van der Waals surface area contributed by atoms with Crippen LogP contribution in [0.3, 0.4) is 0 Å². The number of aryl methyl sites for hydroxylation is 1. The van der Waals surface area contributed by atoms with E-state index in [2.05, 4.69) is 47.2 Å². The minimum atomic E-state index is 0.0912. The minimum Gasteiger partial charge on any atom is -0.508 e. The molecule has 3 heteroatoms. The third-order valence-corrected chi connectivity index (χ3v) is 4.05. The fraction of sp³-hybridized carbons (Fsp3) is 0.294. The fourth-order valence-corrected chi connectivity index (χ4v) is 2.60. The summed E-state index contributed by atoms with van der Waals surface area (Å²) in [5.74, 6) is 0.346. The Kier molecular flexibility index (Phi) is 4.84. The normalized spacial score (nSPS) is 14.0. The number of hydrogen-bond donors (Lipinski definition) is 2. The summed E-state index contributed by atoms with van der Waals surface area (Å²) in [6.45, 7) is 6.24. The molecule has 2 nitrogen and oxygen atoms in total. The zero-order chi connectivity index (χ0) is 14.7. The van der Waals surface area contributed by atoms with Gasteiger partial charge in [-0.3, -0.25) is 0 Å². The molecule has 0 saturated carbocycles. The van der Waals surface area contributed by atoms with Crippen molar-refractivity contribution in [2.45, 2.75) is 32.9 Å². The average Bonchev–Trinajstić information content (AvgIpc) is 2.42. The van der Waals surface area contributed by atoms with Crippen LogP contribution < -0.4 is 5.32 Å². The molecule has 2 N–H and O–H groups in total. The highest BCUT2D eigenvalue weighted by atomic mass is 79.9. The van der Waals surface area contributed by atoms with E-state index in [9.17, 15) is 5.11 Å². The van der Waals surface area contributed by atoms with Crippen molar-refractivity contribution in [3.63, 3.8) is 0 Å². The molecule has 0 amide bonds. The Morgan fingerprint density at radius 2 is 1.65 bits per heavy atom.